The van der Waals surface area contributed by atoms with Gasteiger partial charge in [0.2, 0.25) is 0 Å². The molecule has 0 amide bonds. The largest absolute Gasteiger partial charge is 0.497 e. The first-order chi connectivity index (χ1) is 14.3. The first kappa shape index (κ1) is 17.6. The Bertz CT molecular complexity index is 1060. The lowest BCUT2D eigenvalue weighted by Crippen LogP contribution is -2.28. The van der Waals surface area contributed by atoms with Gasteiger partial charge in [0, 0.05) is 0 Å². The Balaban J connectivity index is 1.88. The molecule has 1 aliphatic rings. The molecule has 4 aromatic rings. The summed E-state index contributed by atoms with van der Waals surface area (Å²) >= 11 is 0. The molecular weight excluding hydrogens is 356 g/mol. The van der Waals surface area contributed by atoms with Crippen molar-refractivity contribution < 1.29 is 9.47 Å². The molecule has 142 valence electrons. The van der Waals surface area contributed by atoms with E-state index in [4.69, 9.17) is 9.47 Å². The van der Waals surface area contributed by atoms with Crippen molar-refractivity contribution in [2.24, 2.45) is 0 Å². The third-order valence-electron chi connectivity index (χ3n) is 6.00. The molecule has 0 aromatic heterocycles. The molecule has 0 N–H and O–H groups in total. The van der Waals surface area contributed by atoms with Gasteiger partial charge in [-0.15, -0.1) is 0 Å². The van der Waals surface area contributed by atoms with Gasteiger partial charge in [-0.05, 0) is 57.6 Å². The molecule has 0 aliphatic heterocycles. The van der Waals surface area contributed by atoms with Crippen molar-refractivity contribution in [3.8, 4) is 22.6 Å². The van der Waals surface area contributed by atoms with Crippen molar-refractivity contribution in [1.82, 2.24) is 0 Å². The number of methoxy groups -OCH3 is 2. The highest BCUT2D eigenvalue weighted by Gasteiger charge is 2.45. The summed E-state index contributed by atoms with van der Waals surface area (Å²) in [6.45, 7) is 0. The third-order valence-corrected chi connectivity index (χ3v) is 6.00. The van der Waals surface area contributed by atoms with Crippen LogP contribution in [-0.4, -0.2) is 14.2 Å². The van der Waals surface area contributed by atoms with Crippen molar-refractivity contribution in [2.75, 3.05) is 14.2 Å². The fourth-order valence-electron chi connectivity index (χ4n) is 4.71. The van der Waals surface area contributed by atoms with Gasteiger partial charge in [-0.3, -0.25) is 0 Å². The van der Waals surface area contributed by atoms with E-state index >= 15 is 0 Å². The minimum absolute atomic E-state index is 0.383. The summed E-state index contributed by atoms with van der Waals surface area (Å²) < 4.78 is 10.8. The summed E-state index contributed by atoms with van der Waals surface area (Å²) in [7, 11) is 3.41. The van der Waals surface area contributed by atoms with Gasteiger partial charge in [0.1, 0.15) is 11.5 Å². The minimum Gasteiger partial charge on any atom is -0.497 e. The van der Waals surface area contributed by atoms with E-state index in [0.29, 0.717) is 0 Å². The van der Waals surface area contributed by atoms with Crippen molar-refractivity contribution in [2.45, 2.75) is 5.41 Å². The van der Waals surface area contributed by atoms with Crippen molar-refractivity contribution in [3.63, 3.8) is 0 Å². The summed E-state index contributed by atoms with van der Waals surface area (Å²) in [5.41, 5.74) is 7.24. The normalized spacial score (nSPS) is 13.4. The van der Waals surface area contributed by atoms with Crippen molar-refractivity contribution in [3.05, 3.63) is 119 Å². The van der Waals surface area contributed by atoms with Gasteiger partial charge in [0.05, 0.1) is 19.6 Å². The van der Waals surface area contributed by atoms with E-state index in [2.05, 4.69) is 72.8 Å². The van der Waals surface area contributed by atoms with Crippen LogP contribution in [0.3, 0.4) is 0 Å². The monoisotopic (exact) mass is 378 g/mol. The van der Waals surface area contributed by atoms with Crippen LogP contribution in [0.5, 0.6) is 11.5 Å². The molecule has 0 heterocycles. The number of hydrogen-bond acceptors (Lipinski definition) is 2. The molecule has 0 unspecified atom stereocenters. The van der Waals surface area contributed by atoms with E-state index in [1.807, 2.05) is 24.3 Å². The fraction of sp³-hybridized carbons (Fsp3) is 0.111. The number of rotatable bonds is 4. The predicted octanol–water partition coefficient (Wildman–Crippen LogP) is 6.07. The summed E-state index contributed by atoms with van der Waals surface area (Å²) in [5.74, 6) is 1.72. The number of ether oxygens (including phenoxy) is 2. The van der Waals surface area contributed by atoms with Gasteiger partial charge in [0.15, 0.2) is 0 Å². The molecule has 0 spiro atoms. The molecule has 2 heteroatoms. The minimum atomic E-state index is -0.383. The van der Waals surface area contributed by atoms with Gasteiger partial charge in [-0.1, -0.05) is 72.8 Å². The molecular formula is C27H22O2. The van der Waals surface area contributed by atoms with Crippen LogP contribution in [0, 0.1) is 0 Å². The quantitative estimate of drug-likeness (QED) is 0.378. The Labute approximate surface area is 171 Å². The van der Waals surface area contributed by atoms with Crippen LogP contribution in [0.15, 0.2) is 97.1 Å². The Kier molecular flexibility index (Phi) is 4.13. The average Bonchev–Trinajstić information content (AvgIpc) is 3.11. The predicted molar refractivity (Wildman–Crippen MR) is 117 cm³/mol. The fourth-order valence-corrected chi connectivity index (χ4v) is 4.71. The van der Waals surface area contributed by atoms with E-state index in [-0.39, 0.29) is 5.41 Å². The lowest BCUT2D eigenvalue weighted by Gasteiger charge is -2.34. The van der Waals surface area contributed by atoms with Crippen LogP contribution in [0.25, 0.3) is 11.1 Å². The number of fused-ring (bicyclic) bond motifs is 3. The maximum Gasteiger partial charge on any atom is 0.118 e. The highest BCUT2D eigenvalue weighted by atomic mass is 16.5. The van der Waals surface area contributed by atoms with Crippen LogP contribution >= 0.6 is 0 Å². The number of hydrogen-bond donors (Lipinski definition) is 0. The maximum absolute atomic E-state index is 5.42. The summed E-state index contributed by atoms with van der Waals surface area (Å²) in [6, 6.07) is 34.4. The molecule has 4 aromatic carbocycles. The van der Waals surface area contributed by atoms with Gasteiger partial charge in [-0.25, -0.2) is 0 Å². The van der Waals surface area contributed by atoms with E-state index in [0.717, 1.165) is 11.5 Å². The zero-order valence-electron chi connectivity index (χ0n) is 16.6. The second-order valence-electron chi connectivity index (χ2n) is 7.30. The van der Waals surface area contributed by atoms with E-state index in [1.54, 1.807) is 14.2 Å². The maximum atomic E-state index is 5.42. The standard InChI is InChI=1S/C27H22O2/c1-28-21-15-11-19(12-16-21)27(20-13-17-22(29-2)18-14-20)25-9-5-3-7-23(25)24-8-4-6-10-26(24)27/h3-18H,1-2H3. The molecule has 0 radical (unpaired) electrons. The average molecular weight is 378 g/mol. The van der Waals surface area contributed by atoms with Crippen molar-refractivity contribution in [1.29, 1.82) is 0 Å². The molecule has 5 rings (SSSR count). The zero-order valence-corrected chi connectivity index (χ0v) is 16.6. The van der Waals surface area contributed by atoms with Crippen LogP contribution < -0.4 is 9.47 Å². The molecule has 2 nitrogen and oxygen atoms in total. The van der Waals surface area contributed by atoms with Crippen LogP contribution in [-0.2, 0) is 5.41 Å². The second kappa shape index (κ2) is 6.82. The molecule has 0 saturated carbocycles. The lowest BCUT2D eigenvalue weighted by atomic mass is 9.68. The van der Waals surface area contributed by atoms with Crippen LogP contribution in [0.1, 0.15) is 22.3 Å². The highest BCUT2D eigenvalue weighted by molar-refractivity contribution is 5.86. The smallest absolute Gasteiger partial charge is 0.118 e. The summed E-state index contributed by atoms with van der Waals surface area (Å²) in [5, 5.41) is 0. The van der Waals surface area contributed by atoms with Gasteiger partial charge < -0.3 is 9.47 Å². The lowest BCUT2D eigenvalue weighted by molar-refractivity contribution is 0.414. The van der Waals surface area contributed by atoms with Crippen LogP contribution in [0.4, 0.5) is 0 Å². The summed E-state index contributed by atoms with van der Waals surface area (Å²) in [6.07, 6.45) is 0. The molecule has 0 atom stereocenters. The second-order valence-corrected chi connectivity index (χ2v) is 7.30. The van der Waals surface area contributed by atoms with Crippen molar-refractivity contribution >= 4 is 0 Å². The first-order valence-electron chi connectivity index (χ1n) is 9.77. The Morgan fingerprint density at radius 2 is 0.862 bits per heavy atom. The molecule has 1 aliphatic carbocycles. The Morgan fingerprint density at radius 3 is 1.24 bits per heavy atom. The zero-order chi connectivity index (χ0) is 19.8. The van der Waals surface area contributed by atoms with Crippen LogP contribution in [0.2, 0.25) is 0 Å². The molecule has 0 fully saturated rings. The Hall–Kier alpha value is -3.52. The van der Waals surface area contributed by atoms with Gasteiger partial charge >= 0.3 is 0 Å². The molecule has 29 heavy (non-hydrogen) atoms. The van der Waals surface area contributed by atoms with E-state index < -0.39 is 0 Å². The molecule has 0 bridgehead atoms. The SMILES string of the molecule is COc1ccc(C2(c3ccc(OC)cc3)c3ccccc3-c3ccccc32)cc1. The van der Waals surface area contributed by atoms with E-state index in [1.165, 1.54) is 33.4 Å². The first-order valence-corrected chi connectivity index (χ1v) is 9.77. The van der Waals surface area contributed by atoms with E-state index in [9.17, 15) is 0 Å². The highest BCUT2D eigenvalue weighted by Crippen LogP contribution is 2.56. The third kappa shape index (κ3) is 2.49. The topological polar surface area (TPSA) is 18.5 Å². The Morgan fingerprint density at radius 1 is 0.483 bits per heavy atom. The molecule has 0 saturated heterocycles. The van der Waals surface area contributed by atoms with Gasteiger partial charge in [0.25, 0.3) is 0 Å². The van der Waals surface area contributed by atoms with Gasteiger partial charge in [-0.2, -0.15) is 0 Å². The number of benzene rings is 4. The summed E-state index contributed by atoms with van der Waals surface area (Å²) in [4.78, 5) is 0.